The van der Waals surface area contributed by atoms with E-state index in [0.717, 1.165) is 0 Å². The van der Waals surface area contributed by atoms with Crippen molar-refractivity contribution in [2.75, 3.05) is 20.8 Å². The Morgan fingerprint density at radius 1 is 1.33 bits per heavy atom. The first-order valence-electron chi connectivity index (χ1n) is 5.64. The number of nitriles is 2. The van der Waals surface area contributed by atoms with E-state index in [0.29, 0.717) is 21.5 Å². The third-order valence-electron chi connectivity index (χ3n) is 2.37. The summed E-state index contributed by atoms with van der Waals surface area (Å²) >= 11 is 3.29. The molecule has 0 heterocycles. The SMILES string of the molecule is COC(=O)COc1c(Br)cc(C=C(C#N)C#N)cc1OC. The molecule has 0 spiro atoms. The van der Waals surface area contributed by atoms with Gasteiger partial charge >= 0.3 is 5.97 Å². The van der Waals surface area contributed by atoms with Gasteiger partial charge in [0.1, 0.15) is 17.7 Å². The van der Waals surface area contributed by atoms with E-state index >= 15 is 0 Å². The van der Waals surface area contributed by atoms with Crippen molar-refractivity contribution >= 4 is 28.0 Å². The third-order valence-corrected chi connectivity index (χ3v) is 2.95. The Bertz CT molecular complexity index is 640. The molecule has 0 saturated heterocycles. The van der Waals surface area contributed by atoms with E-state index in [9.17, 15) is 4.79 Å². The van der Waals surface area contributed by atoms with Crippen LogP contribution in [0.5, 0.6) is 11.5 Å². The van der Waals surface area contributed by atoms with E-state index in [1.165, 1.54) is 20.3 Å². The minimum atomic E-state index is -0.524. The first kappa shape index (κ1) is 16.5. The van der Waals surface area contributed by atoms with Crippen LogP contribution in [0.25, 0.3) is 6.08 Å². The molecule has 6 nitrogen and oxygen atoms in total. The molecule has 0 radical (unpaired) electrons. The molecule has 1 rings (SSSR count). The number of benzene rings is 1. The molecule has 7 heteroatoms. The molecule has 1 aromatic carbocycles. The number of hydrogen-bond donors (Lipinski definition) is 0. The molecule has 0 aliphatic heterocycles. The largest absolute Gasteiger partial charge is 0.493 e. The molecule has 0 saturated carbocycles. The van der Waals surface area contributed by atoms with E-state index < -0.39 is 5.97 Å². The van der Waals surface area contributed by atoms with Crippen molar-refractivity contribution < 1.29 is 19.0 Å². The smallest absolute Gasteiger partial charge is 0.343 e. The predicted molar refractivity (Wildman–Crippen MR) is 77.4 cm³/mol. The average molecular weight is 351 g/mol. The summed E-state index contributed by atoms with van der Waals surface area (Å²) in [6.45, 7) is -0.262. The van der Waals surface area contributed by atoms with Crippen LogP contribution < -0.4 is 9.47 Å². The van der Waals surface area contributed by atoms with Gasteiger partial charge in [0.2, 0.25) is 0 Å². The predicted octanol–water partition coefficient (Wildman–Crippen LogP) is 2.44. The van der Waals surface area contributed by atoms with E-state index in [1.54, 1.807) is 24.3 Å². The first-order chi connectivity index (χ1) is 10.0. The zero-order valence-corrected chi connectivity index (χ0v) is 12.9. The van der Waals surface area contributed by atoms with Gasteiger partial charge in [0.15, 0.2) is 18.1 Å². The minimum Gasteiger partial charge on any atom is -0.493 e. The molecule has 0 atom stereocenters. The second-order valence-corrected chi connectivity index (χ2v) is 4.53. The quantitative estimate of drug-likeness (QED) is 0.598. The second-order valence-electron chi connectivity index (χ2n) is 3.68. The second kappa shape index (κ2) is 7.93. The van der Waals surface area contributed by atoms with Gasteiger partial charge in [-0.15, -0.1) is 0 Å². The number of carbonyl (C=O) groups is 1. The van der Waals surface area contributed by atoms with Gasteiger partial charge in [-0.2, -0.15) is 10.5 Å². The summed E-state index contributed by atoms with van der Waals surface area (Å²) in [6, 6.07) is 6.77. The highest BCUT2D eigenvalue weighted by molar-refractivity contribution is 9.10. The first-order valence-corrected chi connectivity index (χ1v) is 6.44. The maximum absolute atomic E-state index is 11.1. The van der Waals surface area contributed by atoms with Crippen LogP contribution in [-0.2, 0) is 9.53 Å². The fraction of sp³-hybridized carbons (Fsp3) is 0.214. The standard InChI is InChI=1S/C14H11BrN2O4/c1-19-12-5-9(3-10(6-16)7-17)4-11(15)14(12)21-8-13(18)20-2/h3-5H,8H2,1-2H3. The third kappa shape index (κ3) is 4.51. The van der Waals surface area contributed by atoms with Gasteiger partial charge in [0.05, 0.1) is 18.7 Å². The maximum Gasteiger partial charge on any atom is 0.343 e. The average Bonchev–Trinajstić information content (AvgIpc) is 2.50. The van der Waals surface area contributed by atoms with Crippen molar-refractivity contribution in [2.45, 2.75) is 0 Å². The molecular formula is C14H11BrN2O4. The molecule has 108 valence electrons. The molecule has 0 fully saturated rings. The van der Waals surface area contributed by atoms with Crippen molar-refractivity contribution in [3.63, 3.8) is 0 Å². The zero-order valence-electron chi connectivity index (χ0n) is 11.3. The summed E-state index contributed by atoms with van der Waals surface area (Å²) in [5.74, 6) is 0.162. The van der Waals surface area contributed by atoms with Crippen LogP contribution in [0.3, 0.4) is 0 Å². The fourth-order valence-electron chi connectivity index (χ4n) is 1.41. The van der Waals surface area contributed by atoms with E-state index in [1.807, 2.05) is 0 Å². The van der Waals surface area contributed by atoms with E-state index in [4.69, 9.17) is 20.0 Å². The molecule has 0 aliphatic rings. The van der Waals surface area contributed by atoms with Crippen molar-refractivity contribution in [3.8, 4) is 23.6 Å². The number of esters is 1. The summed E-state index contributed by atoms with van der Waals surface area (Å²) < 4.78 is 15.5. The maximum atomic E-state index is 11.1. The molecule has 21 heavy (non-hydrogen) atoms. The molecule has 0 bridgehead atoms. The van der Waals surface area contributed by atoms with Crippen LogP contribution in [0.1, 0.15) is 5.56 Å². The van der Waals surface area contributed by atoms with Gasteiger partial charge < -0.3 is 14.2 Å². The monoisotopic (exact) mass is 350 g/mol. The summed E-state index contributed by atoms with van der Waals surface area (Å²) in [7, 11) is 2.70. The lowest BCUT2D eigenvalue weighted by atomic mass is 10.1. The number of allylic oxidation sites excluding steroid dienone is 1. The normalized spacial score (nSPS) is 9.00. The Balaban J connectivity index is 3.15. The Kier molecular flexibility index (Phi) is 6.25. The van der Waals surface area contributed by atoms with Crippen molar-refractivity contribution in [3.05, 3.63) is 27.7 Å². The van der Waals surface area contributed by atoms with Crippen LogP contribution in [0.15, 0.2) is 22.2 Å². The molecule has 0 aliphatic carbocycles. The zero-order chi connectivity index (χ0) is 15.8. The summed E-state index contributed by atoms with van der Waals surface area (Å²) in [6.07, 6.45) is 1.41. The molecule has 0 N–H and O–H groups in total. The number of halogens is 1. The van der Waals surface area contributed by atoms with Gasteiger partial charge in [0, 0.05) is 0 Å². The molecule has 0 aromatic heterocycles. The lowest BCUT2D eigenvalue weighted by Gasteiger charge is -2.12. The number of rotatable bonds is 5. The van der Waals surface area contributed by atoms with Gasteiger partial charge in [-0.3, -0.25) is 0 Å². The minimum absolute atomic E-state index is 0.0350. The highest BCUT2D eigenvalue weighted by Gasteiger charge is 2.13. The Labute approximate surface area is 130 Å². The van der Waals surface area contributed by atoms with Gasteiger partial charge in [0.25, 0.3) is 0 Å². The topological polar surface area (TPSA) is 92.3 Å². The van der Waals surface area contributed by atoms with Crippen LogP contribution in [0.4, 0.5) is 0 Å². The van der Waals surface area contributed by atoms with Crippen molar-refractivity contribution in [1.29, 1.82) is 10.5 Å². The van der Waals surface area contributed by atoms with Crippen molar-refractivity contribution in [2.24, 2.45) is 0 Å². The molecule has 0 unspecified atom stereocenters. The Morgan fingerprint density at radius 3 is 2.52 bits per heavy atom. The number of nitrogens with zero attached hydrogens (tertiary/aromatic N) is 2. The molecular weight excluding hydrogens is 340 g/mol. The summed E-state index contributed by atoms with van der Waals surface area (Å²) in [5.41, 5.74) is 0.550. The van der Waals surface area contributed by atoms with Crippen LogP contribution >= 0.6 is 15.9 Å². The number of methoxy groups -OCH3 is 2. The van der Waals surface area contributed by atoms with Crippen LogP contribution in [-0.4, -0.2) is 26.8 Å². The van der Waals surface area contributed by atoms with Crippen LogP contribution in [0.2, 0.25) is 0 Å². The van der Waals surface area contributed by atoms with E-state index in [2.05, 4.69) is 20.7 Å². The van der Waals surface area contributed by atoms with Gasteiger partial charge in [-0.1, -0.05) is 0 Å². The van der Waals surface area contributed by atoms with Gasteiger partial charge in [-0.05, 0) is 39.7 Å². The number of carbonyl (C=O) groups excluding carboxylic acids is 1. The Hall–Kier alpha value is -2.51. The number of hydrogen-bond acceptors (Lipinski definition) is 6. The van der Waals surface area contributed by atoms with E-state index in [-0.39, 0.29) is 12.2 Å². The highest BCUT2D eigenvalue weighted by Crippen LogP contribution is 2.37. The number of ether oxygens (including phenoxy) is 3. The Morgan fingerprint density at radius 2 is 2.00 bits per heavy atom. The van der Waals surface area contributed by atoms with Crippen molar-refractivity contribution in [1.82, 2.24) is 0 Å². The van der Waals surface area contributed by atoms with Gasteiger partial charge in [-0.25, -0.2) is 4.79 Å². The lowest BCUT2D eigenvalue weighted by molar-refractivity contribution is -0.142. The molecule has 0 amide bonds. The highest BCUT2D eigenvalue weighted by atomic mass is 79.9. The van der Waals surface area contributed by atoms with Crippen LogP contribution in [0, 0.1) is 22.7 Å². The molecule has 1 aromatic rings. The fourth-order valence-corrected chi connectivity index (χ4v) is 1.98. The lowest BCUT2D eigenvalue weighted by Crippen LogP contribution is -2.13. The summed E-state index contributed by atoms with van der Waals surface area (Å²) in [4.78, 5) is 11.1. The summed E-state index contributed by atoms with van der Waals surface area (Å²) in [5, 5.41) is 17.5.